The van der Waals surface area contributed by atoms with Crippen molar-refractivity contribution < 1.29 is 42.1 Å². The zero-order valence-corrected chi connectivity index (χ0v) is 61.2. The molecule has 0 aromatic carbocycles. The Morgan fingerprint density at radius 1 is 0.330 bits per heavy atom. The molecule has 0 heterocycles. The quantitative estimate of drug-likeness (QED) is 0.0195. The second kappa shape index (κ2) is 72.1. The average Bonchev–Trinajstić information content (AvgIpc) is 1.65. The van der Waals surface area contributed by atoms with E-state index in [1.165, 1.54) is 103 Å². The van der Waals surface area contributed by atoms with E-state index in [1.54, 1.807) is 0 Å². The maximum Gasteiger partial charge on any atom is 0.306 e. The predicted molar refractivity (Wildman–Crippen MR) is 406 cm³/mol. The summed E-state index contributed by atoms with van der Waals surface area (Å²) in [5, 5.41) is 0. The smallest absolute Gasteiger partial charge is 0.306 e. The van der Waals surface area contributed by atoms with Crippen molar-refractivity contribution in [1.82, 2.24) is 0 Å². The first-order valence-electron chi connectivity index (χ1n) is 37.1. The van der Waals surface area contributed by atoms with Crippen LogP contribution in [0.25, 0.3) is 0 Å². The summed E-state index contributed by atoms with van der Waals surface area (Å²) < 4.78 is 34.2. The van der Waals surface area contributed by atoms with Gasteiger partial charge in [-0.05, 0) is 135 Å². The van der Waals surface area contributed by atoms with Crippen LogP contribution in [0.2, 0.25) is 0 Å². The van der Waals surface area contributed by atoms with Gasteiger partial charge in [0.2, 0.25) is 0 Å². The molecule has 0 bridgehead atoms. The van der Waals surface area contributed by atoms with E-state index in [-0.39, 0.29) is 26.1 Å². The van der Waals surface area contributed by atoms with Gasteiger partial charge in [-0.2, -0.15) is 0 Å². The molecule has 0 rings (SSSR count). The van der Waals surface area contributed by atoms with E-state index in [0.717, 1.165) is 122 Å². The van der Waals surface area contributed by atoms with E-state index < -0.39 is 32.5 Å². The molecule has 0 aliphatic carbocycles. The molecule has 530 valence electrons. The number of phosphoric acid groups is 1. The fourth-order valence-electron chi connectivity index (χ4n) is 9.52. The van der Waals surface area contributed by atoms with Crippen LogP contribution in [0.15, 0.2) is 194 Å². The molecule has 0 saturated carbocycles. The van der Waals surface area contributed by atoms with Crippen molar-refractivity contribution in [2.75, 3.05) is 47.5 Å². The molecule has 10 heteroatoms. The average molecular weight is 1320 g/mol. The van der Waals surface area contributed by atoms with E-state index in [4.69, 9.17) is 18.5 Å². The molecule has 0 saturated heterocycles. The van der Waals surface area contributed by atoms with Crippen LogP contribution in [-0.4, -0.2) is 70.0 Å². The van der Waals surface area contributed by atoms with Crippen molar-refractivity contribution in [3.05, 3.63) is 194 Å². The van der Waals surface area contributed by atoms with Crippen molar-refractivity contribution in [3.8, 4) is 0 Å². The van der Waals surface area contributed by atoms with Gasteiger partial charge in [-0.15, -0.1) is 0 Å². The lowest BCUT2D eigenvalue weighted by Crippen LogP contribution is -2.37. The zero-order chi connectivity index (χ0) is 68.3. The Bertz CT molecular complexity index is 2290. The van der Waals surface area contributed by atoms with Crippen molar-refractivity contribution in [2.24, 2.45) is 0 Å². The molecule has 0 spiro atoms. The second-order valence-corrected chi connectivity index (χ2v) is 26.6. The summed E-state index contributed by atoms with van der Waals surface area (Å²) in [6.45, 7) is 3.94. The third-order valence-electron chi connectivity index (χ3n) is 15.1. The van der Waals surface area contributed by atoms with Gasteiger partial charge in [0.1, 0.15) is 19.8 Å². The Kier molecular flexibility index (Phi) is 68.2. The highest BCUT2D eigenvalue weighted by molar-refractivity contribution is 7.45. The van der Waals surface area contributed by atoms with Crippen molar-refractivity contribution in [1.29, 1.82) is 0 Å². The molecule has 0 aliphatic rings. The number of rotatable bonds is 66. The van der Waals surface area contributed by atoms with Crippen molar-refractivity contribution in [3.63, 3.8) is 0 Å². The number of unbranched alkanes of at least 4 members (excludes halogenated alkanes) is 20. The third-order valence-corrected chi connectivity index (χ3v) is 16.1. The van der Waals surface area contributed by atoms with E-state index in [0.29, 0.717) is 30.3 Å². The van der Waals surface area contributed by atoms with Crippen LogP contribution in [0.3, 0.4) is 0 Å². The highest BCUT2D eigenvalue weighted by Crippen LogP contribution is 2.38. The Balaban J connectivity index is 4.10. The van der Waals surface area contributed by atoms with Gasteiger partial charge >= 0.3 is 11.9 Å². The molecule has 2 atom stereocenters. The zero-order valence-electron chi connectivity index (χ0n) is 60.3. The summed E-state index contributed by atoms with van der Waals surface area (Å²) in [7, 11) is 1.11. The summed E-state index contributed by atoms with van der Waals surface area (Å²) in [5.74, 6) is -0.910. The SMILES string of the molecule is CC/C=C\C/C=C\C/C=C\C/C=C\C/C=C\C/C=C\C/C=C\C/C=C\C/C=C\CCCC(=O)OC(COC(=O)CCCCCCCCCCCCCCCCCCCCC/C=C\C/C=C\C/C=C\C/C=C\C/C=C\C/C=C\C/C=C\CC)COP(=O)([O-])OCC[N+](C)(C)C. The van der Waals surface area contributed by atoms with Gasteiger partial charge in [0.05, 0.1) is 27.7 Å². The van der Waals surface area contributed by atoms with Crippen LogP contribution < -0.4 is 4.89 Å². The first-order valence-corrected chi connectivity index (χ1v) is 38.6. The van der Waals surface area contributed by atoms with Gasteiger partial charge in [0, 0.05) is 12.8 Å². The number of esters is 2. The Morgan fingerprint density at radius 3 is 0.883 bits per heavy atom. The third kappa shape index (κ3) is 75.9. The number of hydrogen-bond donors (Lipinski definition) is 0. The number of phosphoric ester groups is 1. The minimum absolute atomic E-state index is 0.0506. The van der Waals surface area contributed by atoms with Crippen LogP contribution in [-0.2, 0) is 32.7 Å². The van der Waals surface area contributed by atoms with Crippen LogP contribution in [0, 0.1) is 0 Å². The van der Waals surface area contributed by atoms with Crippen LogP contribution in [0.5, 0.6) is 0 Å². The summed E-state index contributed by atoms with van der Waals surface area (Å²) >= 11 is 0. The fourth-order valence-corrected chi connectivity index (χ4v) is 10.3. The monoisotopic (exact) mass is 1320 g/mol. The lowest BCUT2D eigenvalue weighted by atomic mass is 10.0. The summed E-state index contributed by atoms with van der Waals surface area (Å²) in [5.41, 5.74) is 0. The molecule has 9 nitrogen and oxygen atoms in total. The standard InChI is InChI=1S/C84H136NO8P/c1-6-8-10-12-14-16-18-20-22-24-26-28-30-32-34-36-37-38-39-40-41-42-43-44-45-46-47-49-50-52-54-56-58-60-62-64-66-68-70-72-74-76-83(86)90-80-82(81-92-94(88,89)91-79-78-85(3,4)5)93-84(87)77-75-73-71-69-67-65-63-61-59-57-55-53-51-48-35-33-31-29-27-25-23-21-19-17-15-13-11-9-7-2/h8-11,14-17,20-23,26-29,32-35,37-38,40-41,51,53,57,59,63,65,69,71,82H,6-7,12-13,18-19,24-25,30-31,36,39,42-50,52,54-56,58,60-62,64,66-68,70,72-81H2,1-5H3/b10-8-,11-9-,16-14-,17-15-,22-20-,23-21-,28-26-,29-27-,34-32-,35-33-,38-37-,41-40-,53-51-,59-57-,65-63-,71-69-. The predicted octanol–water partition coefficient (Wildman–Crippen LogP) is 24.2. The van der Waals surface area contributed by atoms with E-state index >= 15 is 0 Å². The largest absolute Gasteiger partial charge is 0.756 e. The molecule has 0 aliphatic heterocycles. The number of hydrogen-bond acceptors (Lipinski definition) is 8. The van der Waals surface area contributed by atoms with Gasteiger partial charge < -0.3 is 27.9 Å². The normalized spacial score (nSPS) is 14.2. The molecule has 0 N–H and O–H groups in total. The number of allylic oxidation sites excluding steroid dienone is 32. The van der Waals surface area contributed by atoms with E-state index in [1.807, 2.05) is 27.2 Å². The first-order chi connectivity index (χ1) is 46.0. The van der Waals surface area contributed by atoms with E-state index in [2.05, 4.69) is 202 Å². The number of ether oxygens (including phenoxy) is 2. The molecular weight excluding hydrogens is 1180 g/mol. The topological polar surface area (TPSA) is 111 Å². The van der Waals surface area contributed by atoms with Crippen LogP contribution in [0.4, 0.5) is 0 Å². The minimum Gasteiger partial charge on any atom is -0.756 e. The van der Waals surface area contributed by atoms with Crippen LogP contribution >= 0.6 is 7.82 Å². The van der Waals surface area contributed by atoms with Gasteiger partial charge in [-0.25, -0.2) is 0 Å². The second-order valence-electron chi connectivity index (χ2n) is 25.2. The molecule has 94 heavy (non-hydrogen) atoms. The molecule has 0 fully saturated rings. The van der Waals surface area contributed by atoms with Crippen molar-refractivity contribution >= 4 is 19.8 Å². The molecule has 0 radical (unpaired) electrons. The molecule has 0 aromatic rings. The maximum atomic E-state index is 12.8. The number of carbonyl (C=O) groups excluding carboxylic acids is 2. The first kappa shape index (κ1) is 88.8. The molecule has 2 unspecified atom stereocenters. The van der Waals surface area contributed by atoms with Crippen molar-refractivity contribution in [2.45, 2.75) is 277 Å². The van der Waals surface area contributed by atoms with Gasteiger partial charge in [-0.3, -0.25) is 14.2 Å². The molecule has 0 amide bonds. The Morgan fingerprint density at radius 2 is 0.585 bits per heavy atom. The highest BCUT2D eigenvalue weighted by Gasteiger charge is 2.22. The molecular formula is C84H136NO8P. The minimum atomic E-state index is -4.67. The van der Waals surface area contributed by atoms with Gasteiger partial charge in [-0.1, -0.05) is 317 Å². The summed E-state index contributed by atoms with van der Waals surface area (Å²) in [6, 6.07) is 0. The van der Waals surface area contributed by atoms with E-state index in [9.17, 15) is 19.0 Å². The number of quaternary nitrogens is 1. The summed E-state index contributed by atoms with van der Waals surface area (Å²) in [6.07, 6.45) is 113. The highest BCUT2D eigenvalue weighted by atomic mass is 31.2. The maximum absolute atomic E-state index is 12.8. The van der Waals surface area contributed by atoms with Gasteiger partial charge in [0.25, 0.3) is 7.82 Å². The summed E-state index contributed by atoms with van der Waals surface area (Å²) in [4.78, 5) is 38.1. The lowest BCUT2D eigenvalue weighted by Gasteiger charge is -2.28. The number of nitrogens with zero attached hydrogens (tertiary/aromatic N) is 1. The van der Waals surface area contributed by atoms with Gasteiger partial charge in [0.15, 0.2) is 6.10 Å². The van der Waals surface area contributed by atoms with Crippen LogP contribution in [0.1, 0.15) is 271 Å². The fraction of sp³-hybridized carbons (Fsp3) is 0.595. The number of carbonyl (C=O) groups is 2. The number of likely N-dealkylation sites (N-methyl/N-ethyl adjacent to an activating group) is 1. The lowest BCUT2D eigenvalue weighted by molar-refractivity contribution is -0.870. The Hall–Kier alpha value is -5.15. The Labute approximate surface area is 577 Å². The molecule has 0 aromatic heterocycles.